The summed E-state index contributed by atoms with van der Waals surface area (Å²) < 4.78 is 18.7. The van der Waals surface area contributed by atoms with Crippen LogP contribution in [0.5, 0.6) is 11.8 Å². The molecule has 3 saturated heterocycles. The van der Waals surface area contributed by atoms with E-state index in [9.17, 15) is 20.0 Å². The van der Waals surface area contributed by atoms with Crippen molar-refractivity contribution in [2.24, 2.45) is 5.92 Å². The van der Waals surface area contributed by atoms with Gasteiger partial charge in [-0.15, -0.1) is 0 Å². The minimum absolute atomic E-state index is 0.0644. The first-order valence-electron chi connectivity index (χ1n) is 20.1. The maximum absolute atomic E-state index is 11.8. The van der Waals surface area contributed by atoms with Gasteiger partial charge in [0.15, 0.2) is 5.58 Å². The zero-order valence-corrected chi connectivity index (χ0v) is 33.2. The number of likely N-dealkylation sites (tertiary alicyclic amines) is 2. The number of hydrogen-bond acceptors (Lipinski definition) is 10. The molecule has 2 aromatic heterocycles. The Balaban J connectivity index is 0.905. The number of carboxylic acid groups (broad SMARTS) is 1. The van der Waals surface area contributed by atoms with E-state index in [2.05, 4.69) is 58.4 Å². The number of hydrogen-bond donors (Lipinski definition) is 2. The van der Waals surface area contributed by atoms with E-state index in [-0.39, 0.29) is 29.5 Å². The summed E-state index contributed by atoms with van der Waals surface area (Å²) in [4.78, 5) is 37.7. The monoisotopic (exact) mass is 798 g/mol. The van der Waals surface area contributed by atoms with Crippen molar-refractivity contribution in [1.82, 2.24) is 25.1 Å². The van der Waals surface area contributed by atoms with Gasteiger partial charge in [-0.25, -0.2) is 4.98 Å². The van der Waals surface area contributed by atoms with E-state index in [0.717, 1.165) is 96.2 Å². The summed E-state index contributed by atoms with van der Waals surface area (Å²) >= 11 is 6.83. The minimum Gasteiger partial charge on any atom is -0.481 e. The maximum atomic E-state index is 11.8. The Morgan fingerprint density at radius 3 is 2.59 bits per heavy atom. The Labute approximate surface area is 340 Å². The highest BCUT2D eigenvalue weighted by Crippen LogP contribution is 2.46. The molecule has 5 aromatic rings. The number of aliphatic carboxylic acids is 1. The van der Waals surface area contributed by atoms with Gasteiger partial charge in [0, 0.05) is 49.8 Å². The van der Waals surface area contributed by atoms with Crippen molar-refractivity contribution in [3.63, 3.8) is 0 Å². The standard InChI is InChI=1S/C45H43ClN6O6/c1-24-27(5-3-6-28(24)42-48-36-18-33-31(34(19-47)40(36)58-42)9-11-37(33)52-16-14-25(21-52)44(54)55)29-7-4-8-32-30(29)10-12-38(32)57-43-35(46)17-26(41(49-43)56-2)20-51-22-45(23-51)15-13-39(53)50-45/h3-8,17-18,25,37-38H,9-16,20-23H2,1-2H3,(H,50,53)(H,54,55)/t25-,37-,38+/m1/s1. The average molecular weight is 799 g/mol. The Morgan fingerprint density at radius 2 is 1.83 bits per heavy atom. The smallest absolute Gasteiger partial charge is 0.307 e. The molecule has 3 aliphatic heterocycles. The van der Waals surface area contributed by atoms with Crippen LogP contribution in [-0.4, -0.2) is 75.6 Å². The fraction of sp³-hybridized carbons (Fsp3) is 0.400. The quantitative estimate of drug-likeness (QED) is 0.154. The summed E-state index contributed by atoms with van der Waals surface area (Å²) in [6.45, 7) is 5.52. The second-order valence-electron chi connectivity index (χ2n) is 16.6. The molecule has 5 heterocycles. The number of ether oxygens (including phenoxy) is 2. The van der Waals surface area contributed by atoms with E-state index in [1.165, 1.54) is 5.56 Å². The van der Waals surface area contributed by atoms with Crippen LogP contribution in [0.1, 0.15) is 83.2 Å². The van der Waals surface area contributed by atoms with Crippen LogP contribution >= 0.6 is 11.6 Å². The van der Waals surface area contributed by atoms with Gasteiger partial charge in [0.1, 0.15) is 28.3 Å². The number of amides is 1. The number of pyridine rings is 1. The highest BCUT2D eigenvalue weighted by molar-refractivity contribution is 6.31. The van der Waals surface area contributed by atoms with Crippen molar-refractivity contribution in [2.45, 2.75) is 76.1 Å². The number of halogens is 1. The Bertz CT molecular complexity index is 2570. The highest BCUT2D eigenvalue weighted by Gasteiger charge is 2.47. The molecule has 3 fully saturated rings. The SMILES string of the molecule is COc1nc(O[C@H]2CCc3c(-c4cccc(-c5nc6cc7c(c(C#N)c6o5)CC[C@H]7N5CC[C@@H](C(=O)O)C5)c4C)cccc32)c(Cl)cc1CN1CC2(CCC(=O)N2)C1. The van der Waals surface area contributed by atoms with E-state index >= 15 is 0 Å². The van der Waals surface area contributed by atoms with Gasteiger partial charge in [-0.1, -0.05) is 41.9 Å². The Morgan fingerprint density at radius 1 is 1.03 bits per heavy atom. The molecule has 1 spiro atoms. The predicted molar refractivity (Wildman–Crippen MR) is 216 cm³/mol. The number of nitriles is 1. The normalized spacial score (nSPS) is 22.2. The number of carbonyl (C=O) groups is 2. The van der Waals surface area contributed by atoms with Crippen LogP contribution < -0.4 is 14.8 Å². The molecule has 3 aromatic carbocycles. The molecule has 3 atom stereocenters. The number of benzene rings is 3. The fourth-order valence-electron chi connectivity index (χ4n) is 10.3. The fourth-order valence-corrected chi connectivity index (χ4v) is 10.6. The third-order valence-corrected chi connectivity index (χ3v) is 13.4. The minimum atomic E-state index is -0.749. The molecule has 0 saturated carbocycles. The van der Waals surface area contributed by atoms with Crippen molar-refractivity contribution >= 4 is 34.6 Å². The lowest BCUT2D eigenvalue weighted by Crippen LogP contribution is -2.66. The van der Waals surface area contributed by atoms with E-state index in [1.807, 2.05) is 18.2 Å². The van der Waals surface area contributed by atoms with Gasteiger partial charge < -0.3 is 24.3 Å². The van der Waals surface area contributed by atoms with Crippen molar-refractivity contribution in [2.75, 3.05) is 33.3 Å². The lowest BCUT2D eigenvalue weighted by molar-refractivity contribution is -0.141. The topological polar surface area (TPSA) is 154 Å². The van der Waals surface area contributed by atoms with Gasteiger partial charge in [0.25, 0.3) is 0 Å². The van der Waals surface area contributed by atoms with E-state index in [0.29, 0.717) is 65.3 Å². The molecule has 12 nitrogen and oxygen atoms in total. The molecule has 5 aliphatic rings. The number of rotatable bonds is 9. The van der Waals surface area contributed by atoms with Gasteiger partial charge in [0.2, 0.25) is 23.6 Å². The summed E-state index contributed by atoms with van der Waals surface area (Å²) in [7, 11) is 1.60. The average Bonchev–Trinajstić information content (AvgIpc) is 4.05. The van der Waals surface area contributed by atoms with Gasteiger partial charge in [-0.2, -0.15) is 10.2 Å². The van der Waals surface area contributed by atoms with Crippen LogP contribution in [0.4, 0.5) is 0 Å². The number of fused-ring (bicyclic) bond motifs is 3. The van der Waals surface area contributed by atoms with Crippen LogP contribution in [0.25, 0.3) is 33.7 Å². The molecule has 2 N–H and O–H groups in total. The first-order chi connectivity index (χ1) is 28.1. The van der Waals surface area contributed by atoms with Crippen LogP contribution in [-0.2, 0) is 29.0 Å². The molecule has 2 aliphatic carbocycles. The molecule has 296 valence electrons. The summed E-state index contributed by atoms with van der Waals surface area (Å²) in [6, 6.07) is 18.9. The zero-order valence-electron chi connectivity index (χ0n) is 32.4. The van der Waals surface area contributed by atoms with Crippen LogP contribution in [0.2, 0.25) is 5.02 Å². The Kier molecular flexibility index (Phi) is 8.96. The summed E-state index contributed by atoms with van der Waals surface area (Å²) in [6.07, 6.45) is 5.00. The van der Waals surface area contributed by atoms with Crippen molar-refractivity contribution in [3.05, 3.63) is 92.5 Å². The van der Waals surface area contributed by atoms with Crippen LogP contribution in [0, 0.1) is 24.2 Å². The first-order valence-corrected chi connectivity index (χ1v) is 20.5. The molecule has 0 bridgehead atoms. The van der Waals surface area contributed by atoms with Gasteiger partial charge in [-0.05, 0) is 109 Å². The maximum Gasteiger partial charge on any atom is 0.307 e. The molecule has 1 amide bonds. The Hall–Kier alpha value is -5.48. The number of nitrogens with one attached hydrogen (secondary N) is 1. The number of carbonyl (C=O) groups excluding carboxylic acids is 1. The van der Waals surface area contributed by atoms with Gasteiger partial charge in [0.05, 0.1) is 18.6 Å². The first kappa shape index (κ1) is 36.8. The zero-order chi connectivity index (χ0) is 39.9. The molecule has 58 heavy (non-hydrogen) atoms. The summed E-state index contributed by atoms with van der Waals surface area (Å²) in [5.41, 5.74) is 10.8. The highest BCUT2D eigenvalue weighted by atomic mass is 35.5. The van der Waals surface area contributed by atoms with Crippen molar-refractivity contribution in [3.8, 4) is 40.4 Å². The number of nitrogens with zero attached hydrogens (tertiary/aromatic N) is 5. The largest absolute Gasteiger partial charge is 0.481 e. The van der Waals surface area contributed by atoms with Crippen molar-refractivity contribution in [1.29, 1.82) is 5.26 Å². The summed E-state index contributed by atoms with van der Waals surface area (Å²) in [5, 5.41) is 23.5. The number of carboxylic acids is 1. The van der Waals surface area contributed by atoms with Gasteiger partial charge >= 0.3 is 5.97 Å². The number of methoxy groups -OCH3 is 1. The number of oxazole rings is 1. The molecular formula is C45H43ClN6O6. The lowest BCUT2D eigenvalue weighted by Gasteiger charge is -2.48. The molecule has 10 rings (SSSR count). The predicted octanol–water partition coefficient (Wildman–Crippen LogP) is 7.32. The number of aromatic nitrogens is 2. The second-order valence-corrected chi connectivity index (χ2v) is 17.0. The van der Waals surface area contributed by atoms with Gasteiger partial charge in [-0.3, -0.25) is 19.4 Å². The molecule has 13 heteroatoms. The molecular weight excluding hydrogens is 756 g/mol. The molecule has 0 unspecified atom stereocenters. The second kappa shape index (κ2) is 14.1. The third-order valence-electron chi connectivity index (χ3n) is 13.2. The lowest BCUT2D eigenvalue weighted by atomic mass is 9.88. The van der Waals surface area contributed by atoms with E-state index in [1.54, 1.807) is 7.11 Å². The summed E-state index contributed by atoms with van der Waals surface area (Å²) in [5.74, 6) is 0.282. The van der Waals surface area contributed by atoms with Crippen molar-refractivity contribution < 1.29 is 28.6 Å². The van der Waals surface area contributed by atoms with E-state index in [4.69, 9.17) is 35.5 Å². The van der Waals surface area contributed by atoms with E-state index < -0.39 is 5.97 Å². The van der Waals surface area contributed by atoms with Crippen LogP contribution in [0.15, 0.2) is 52.9 Å². The molecule has 0 radical (unpaired) electrons. The third kappa shape index (κ3) is 6.10. The van der Waals surface area contributed by atoms with Crippen LogP contribution in [0.3, 0.4) is 0 Å².